The largest absolute Gasteiger partial charge is 0.332 e. The van der Waals surface area contributed by atoms with E-state index in [2.05, 4.69) is 16.5 Å². The van der Waals surface area contributed by atoms with Crippen LogP contribution in [-0.2, 0) is 0 Å². The predicted octanol–water partition coefficient (Wildman–Crippen LogP) is 2.62. The van der Waals surface area contributed by atoms with E-state index in [4.69, 9.17) is 0 Å². The summed E-state index contributed by atoms with van der Waals surface area (Å²) in [6, 6.07) is 12.0. The molecule has 6 heteroatoms. The van der Waals surface area contributed by atoms with Gasteiger partial charge >= 0.3 is 0 Å². The summed E-state index contributed by atoms with van der Waals surface area (Å²) < 4.78 is 1.75. The number of carbonyl (C=O) groups excluding carboxylic acids is 1. The lowest BCUT2D eigenvalue weighted by molar-refractivity contribution is 0.0920. The number of thioether (sulfide) groups is 1. The van der Waals surface area contributed by atoms with Crippen molar-refractivity contribution in [3.05, 3.63) is 47.3 Å². The fourth-order valence-electron chi connectivity index (χ4n) is 2.59. The molecular weight excluding hydrogens is 308 g/mol. The smallest absolute Gasteiger partial charge is 0.273 e. The van der Waals surface area contributed by atoms with Crippen LogP contribution in [0.15, 0.2) is 30.3 Å². The molecule has 118 valence electrons. The Kier molecular flexibility index (Phi) is 4.14. The van der Waals surface area contributed by atoms with Crippen LogP contribution in [0.4, 0.5) is 0 Å². The summed E-state index contributed by atoms with van der Waals surface area (Å²) in [5.74, 6) is 1.24. The minimum Gasteiger partial charge on any atom is -0.332 e. The molecule has 1 saturated heterocycles. The van der Waals surface area contributed by atoms with Crippen molar-refractivity contribution in [2.45, 2.75) is 25.8 Å². The Bertz CT molecular complexity index is 767. The quantitative estimate of drug-likeness (QED) is 0.941. The van der Waals surface area contributed by atoms with Crippen LogP contribution in [-0.4, -0.2) is 32.7 Å². The van der Waals surface area contributed by atoms with Crippen molar-refractivity contribution in [2.24, 2.45) is 0 Å². The number of aryl methyl sites for hydroxylation is 2. The highest BCUT2D eigenvalue weighted by Crippen LogP contribution is 2.27. The molecule has 2 heterocycles. The molecule has 1 amide bonds. The monoisotopic (exact) mass is 326 g/mol. The summed E-state index contributed by atoms with van der Waals surface area (Å²) in [6.07, 6.45) is 0.678. The molecule has 0 aliphatic carbocycles. The Morgan fingerprint density at radius 3 is 2.74 bits per heavy atom. The molecule has 1 aliphatic rings. The van der Waals surface area contributed by atoms with Gasteiger partial charge < -0.3 is 5.32 Å². The average molecular weight is 326 g/mol. The number of amides is 1. The SMILES string of the molecule is Cc1ccc(-n2nc(C(=O)N[C@@]3(C#N)CCSC3)cc2C)cc1. The standard InChI is InChI=1S/C17H18N4OS/c1-12-3-5-14(6-4-12)21-13(2)9-15(20-21)16(22)19-17(10-18)7-8-23-11-17/h3-6,9H,7-8,11H2,1-2H3,(H,19,22)/t17-/m1/s1. The summed E-state index contributed by atoms with van der Waals surface area (Å²) in [5, 5.41) is 16.6. The third kappa shape index (κ3) is 3.10. The van der Waals surface area contributed by atoms with Crippen molar-refractivity contribution in [3.63, 3.8) is 0 Å². The summed E-state index contributed by atoms with van der Waals surface area (Å²) in [4.78, 5) is 12.5. The summed E-state index contributed by atoms with van der Waals surface area (Å²) >= 11 is 1.69. The van der Waals surface area contributed by atoms with Gasteiger partial charge in [-0.1, -0.05) is 17.7 Å². The van der Waals surface area contributed by atoms with Crippen LogP contribution in [0.25, 0.3) is 5.69 Å². The van der Waals surface area contributed by atoms with Crippen LogP contribution in [0.1, 0.15) is 28.2 Å². The topological polar surface area (TPSA) is 70.7 Å². The Morgan fingerprint density at radius 1 is 1.39 bits per heavy atom. The maximum absolute atomic E-state index is 12.5. The first-order valence-electron chi connectivity index (χ1n) is 7.48. The normalized spacial score (nSPS) is 20.2. The molecule has 3 rings (SSSR count). The minimum atomic E-state index is -0.761. The van der Waals surface area contributed by atoms with Gasteiger partial charge in [-0.2, -0.15) is 22.1 Å². The fourth-order valence-corrected chi connectivity index (χ4v) is 3.86. The van der Waals surface area contributed by atoms with Crippen LogP contribution >= 0.6 is 11.8 Å². The second-order valence-electron chi connectivity index (χ2n) is 5.87. The molecular formula is C17H18N4OS. The highest BCUT2D eigenvalue weighted by molar-refractivity contribution is 7.99. The van der Waals surface area contributed by atoms with E-state index in [1.165, 1.54) is 5.56 Å². The zero-order valence-corrected chi connectivity index (χ0v) is 14.0. The van der Waals surface area contributed by atoms with E-state index < -0.39 is 5.54 Å². The number of carbonyl (C=O) groups is 1. The van der Waals surface area contributed by atoms with E-state index in [1.807, 2.05) is 38.1 Å². The number of aromatic nitrogens is 2. The molecule has 23 heavy (non-hydrogen) atoms. The molecule has 2 aromatic rings. The zero-order chi connectivity index (χ0) is 16.4. The van der Waals surface area contributed by atoms with Crippen LogP contribution in [0.5, 0.6) is 0 Å². The molecule has 0 bridgehead atoms. The molecule has 1 N–H and O–H groups in total. The molecule has 1 fully saturated rings. The van der Waals surface area contributed by atoms with E-state index in [-0.39, 0.29) is 5.91 Å². The van der Waals surface area contributed by atoms with Crippen molar-refractivity contribution in [2.75, 3.05) is 11.5 Å². The molecule has 1 atom stereocenters. The molecule has 1 aromatic carbocycles. The van der Waals surface area contributed by atoms with Gasteiger partial charge in [0.1, 0.15) is 5.54 Å². The van der Waals surface area contributed by atoms with E-state index >= 15 is 0 Å². The summed E-state index contributed by atoms with van der Waals surface area (Å²) in [7, 11) is 0. The number of hydrogen-bond acceptors (Lipinski definition) is 4. The van der Waals surface area contributed by atoms with Gasteiger partial charge in [-0.3, -0.25) is 4.79 Å². The zero-order valence-electron chi connectivity index (χ0n) is 13.2. The van der Waals surface area contributed by atoms with Crippen molar-refractivity contribution in [1.29, 1.82) is 5.26 Å². The Hall–Kier alpha value is -2.26. The van der Waals surface area contributed by atoms with Crippen LogP contribution in [0, 0.1) is 25.2 Å². The summed E-state index contributed by atoms with van der Waals surface area (Å²) in [5.41, 5.74) is 2.55. The van der Waals surface area contributed by atoms with E-state index in [9.17, 15) is 10.1 Å². The van der Waals surface area contributed by atoms with Crippen molar-refractivity contribution < 1.29 is 4.79 Å². The Morgan fingerprint density at radius 2 is 2.13 bits per heavy atom. The van der Waals surface area contributed by atoms with Gasteiger partial charge in [-0.05, 0) is 44.2 Å². The number of benzene rings is 1. The predicted molar refractivity (Wildman–Crippen MR) is 90.8 cm³/mol. The van der Waals surface area contributed by atoms with Crippen LogP contribution in [0.3, 0.4) is 0 Å². The molecule has 0 spiro atoms. The highest BCUT2D eigenvalue weighted by atomic mass is 32.2. The van der Waals surface area contributed by atoms with Gasteiger partial charge in [0.15, 0.2) is 5.69 Å². The lowest BCUT2D eigenvalue weighted by Crippen LogP contribution is -2.47. The highest BCUT2D eigenvalue weighted by Gasteiger charge is 2.36. The first-order valence-corrected chi connectivity index (χ1v) is 8.64. The second-order valence-corrected chi connectivity index (χ2v) is 6.97. The van der Waals surface area contributed by atoms with Gasteiger partial charge in [-0.25, -0.2) is 4.68 Å². The minimum absolute atomic E-state index is 0.289. The Balaban J connectivity index is 1.84. The molecule has 1 aromatic heterocycles. The third-order valence-corrected chi connectivity index (χ3v) is 5.18. The maximum atomic E-state index is 12.5. The average Bonchev–Trinajstić information content (AvgIpc) is 3.16. The summed E-state index contributed by atoms with van der Waals surface area (Å²) in [6.45, 7) is 3.94. The molecule has 1 aliphatic heterocycles. The number of rotatable bonds is 3. The van der Waals surface area contributed by atoms with E-state index in [0.717, 1.165) is 17.1 Å². The molecule has 5 nitrogen and oxygen atoms in total. The maximum Gasteiger partial charge on any atom is 0.273 e. The van der Waals surface area contributed by atoms with Crippen molar-refractivity contribution >= 4 is 17.7 Å². The molecule has 0 unspecified atom stereocenters. The first kappa shape index (κ1) is 15.6. The third-order valence-electron chi connectivity index (χ3n) is 3.99. The van der Waals surface area contributed by atoms with Crippen molar-refractivity contribution in [3.8, 4) is 11.8 Å². The Labute approximate surface area is 139 Å². The van der Waals surface area contributed by atoms with Gasteiger partial charge in [0.2, 0.25) is 0 Å². The van der Waals surface area contributed by atoms with Crippen LogP contribution < -0.4 is 5.32 Å². The number of nitrogens with zero attached hydrogens (tertiary/aromatic N) is 3. The second kappa shape index (κ2) is 6.09. The van der Waals surface area contributed by atoms with Gasteiger partial charge in [0.05, 0.1) is 11.8 Å². The molecule has 0 radical (unpaired) electrons. The van der Waals surface area contributed by atoms with Gasteiger partial charge in [-0.15, -0.1) is 0 Å². The van der Waals surface area contributed by atoms with E-state index in [0.29, 0.717) is 17.9 Å². The number of nitriles is 1. The number of nitrogens with one attached hydrogen (secondary N) is 1. The lowest BCUT2D eigenvalue weighted by atomic mass is 10.0. The first-order chi connectivity index (χ1) is 11.0. The lowest BCUT2D eigenvalue weighted by Gasteiger charge is -2.20. The number of hydrogen-bond donors (Lipinski definition) is 1. The van der Waals surface area contributed by atoms with E-state index in [1.54, 1.807) is 22.5 Å². The fraction of sp³-hybridized carbons (Fsp3) is 0.353. The van der Waals surface area contributed by atoms with Gasteiger partial charge in [0, 0.05) is 11.4 Å². The van der Waals surface area contributed by atoms with Gasteiger partial charge in [0.25, 0.3) is 5.91 Å². The van der Waals surface area contributed by atoms with Crippen LogP contribution in [0.2, 0.25) is 0 Å². The van der Waals surface area contributed by atoms with Crippen molar-refractivity contribution in [1.82, 2.24) is 15.1 Å². The molecule has 0 saturated carbocycles.